The van der Waals surface area contributed by atoms with Crippen LogP contribution in [0.15, 0.2) is 76.5 Å². The molecule has 0 atom stereocenters. The topological polar surface area (TPSA) is 104 Å². The number of aryl methyl sites for hydroxylation is 2. The van der Waals surface area contributed by atoms with Crippen molar-refractivity contribution in [3.8, 4) is 0 Å². The molecule has 0 aromatic heterocycles. The molecule has 1 heterocycles. The van der Waals surface area contributed by atoms with Crippen LogP contribution in [0.5, 0.6) is 0 Å². The Morgan fingerprint density at radius 2 is 1.49 bits per heavy atom. The fraction of sp³-hybridized carbons (Fsp3) is 0.269. The second-order valence-electron chi connectivity index (χ2n) is 8.94. The van der Waals surface area contributed by atoms with E-state index in [9.17, 15) is 21.6 Å². The van der Waals surface area contributed by atoms with Crippen molar-refractivity contribution in [1.82, 2.24) is 4.31 Å². The van der Waals surface area contributed by atoms with Crippen LogP contribution in [-0.2, 0) is 24.8 Å². The molecular weight excluding hydrogens is 534 g/mol. The van der Waals surface area contributed by atoms with E-state index >= 15 is 0 Å². The largest absolute Gasteiger partial charge is 0.325 e. The molecular formula is C26H28ClN3O5S2. The molecule has 37 heavy (non-hydrogen) atoms. The number of carbonyl (C=O) groups excluding carboxylic acids is 1. The minimum absolute atomic E-state index is 0.0433. The second kappa shape index (κ2) is 10.8. The van der Waals surface area contributed by atoms with Crippen molar-refractivity contribution < 1.29 is 21.6 Å². The number of anilines is 2. The monoisotopic (exact) mass is 561 g/mol. The lowest BCUT2D eigenvalue weighted by molar-refractivity contribution is -0.114. The van der Waals surface area contributed by atoms with Gasteiger partial charge >= 0.3 is 0 Å². The van der Waals surface area contributed by atoms with Crippen LogP contribution in [0.2, 0.25) is 5.02 Å². The average Bonchev–Trinajstić information content (AvgIpc) is 3.41. The van der Waals surface area contributed by atoms with E-state index in [0.717, 1.165) is 22.7 Å². The van der Waals surface area contributed by atoms with Gasteiger partial charge in [0.05, 0.1) is 15.5 Å². The van der Waals surface area contributed by atoms with Gasteiger partial charge in [0.2, 0.25) is 15.9 Å². The van der Waals surface area contributed by atoms with Gasteiger partial charge < -0.3 is 5.32 Å². The summed E-state index contributed by atoms with van der Waals surface area (Å²) in [5.41, 5.74) is 2.16. The Hall–Kier alpha value is -2.92. The number of nitrogens with one attached hydrogen (secondary N) is 1. The Bertz CT molecular complexity index is 1500. The highest BCUT2D eigenvalue weighted by molar-refractivity contribution is 7.92. The molecule has 1 fully saturated rings. The fourth-order valence-corrected chi connectivity index (χ4v) is 7.27. The minimum Gasteiger partial charge on any atom is -0.325 e. The first-order valence-corrected chi connectivity index (χ1v) is 15.0. The van der Waals surface area contributed by atoms with Gasteiger partial charge in [0, 0.05) is 23.8 Å². The van der Waals surface area contributed by atoms with Crippen LogP contribution in [0.4, 0.5) is 11.4 Å². The maximum absolute atomic E-state index is 13.6. The van der Waals surface area contributed by atoms with Gasteiger partial charge in [0.1, 0.15) is 6.54 Å². The highest BCUT2D eigenvalue weighted by Gasteiger charge is 2.29. The third-order valence-corrected chi connectivity index (χ3v) is 10.1. The molecule has 4 rings (SSSR count). The Morgan fingerprint density at radius 1 is 0.892 bits per heavy atom. The molecule has 3 aromatic rings. The summed E-state index contributed by atoms with van der Waals surface area (Å²) >= 11 is 6.17. The Kier molecular flexibility index (Phi) is 7.94. The molecule has 8 nitrogen and oxygen atoms in total. The predicted molar refractivity (Wildman–Crippen MR) is 145 cm³/mol. The first-order valence-electron chi connectivity index (χ1n) is 11.7. The first-order chi connectivity index (χ1) is 17.5. The SMILES string of the molecule is Cc1ccc(S(=O)(=O)N(CC(=O)Nc2ccc(S(=O)(=O)N3CCCC3)cc2)c2cc(Cl)ccc2C)cc1. The maximum Gasteiger partial charge on any atom is 0.264 e. The molecule has 0 radical (unpaired) electrons. The highest BCUT2D eigenvalue weighted by atomic mass is 35.5. The first kappa shape index (κ1) is 27.1. The molecule has 1 aliphatic rings. The van der Waals surface area contributed by atoms with Crippen LogP contribution >= 0.6 is 11.6 Å². The van der Waals surface area contributed by atoms with Crippen molar-refractivity contribution in [2.45, 2.75) is 36.5 Å². The normalized spacial score (nSPS) is 14.5. The summed E-state index contributed by atoms with van der Waals surface area (Å²) in [6, 6.07) is 17.1. The van der Waals surface area contributed by atoms with Crippen molar-refractivity contribution in [1.29, 1.82) is 0 Å². The number of halogens is 1. The summed E-state index contributed by atoms with van der Waals surface area (Å²) in [7, 11) is -7.68. The van der Waals surface area contributed by atoms with Gasteiger partial charge in [-0.25, -0.2) is 16.8 Å². The third-order valence-electron chi connectivity index (χ3n) is 6.18. The number of benzene rings is 3. The molecule has 11 heteroatoms. The summed E-state index contributed by atoms with van der Waals surface area (Å²) in [5, 5.41) is 3.00. The number of sulfonamides is 2. The lowest BCUT2D eigenvalue weighted by Gasteiger charge is -2.26. The molecule has 1 amide bonds. The zero-order valence-electron chi connectivity index (χ0n) is 20.5. The molecule has 0 unspecified atom stereocenters. The Balaban J connectivity index is 1.59. The van der Waals surface area contributed by atoms with Crippen LogP contribution in [0.25, 0.3) is 0 Å². The molecule has 3 aromatic carbocycles. The summed E-state index contributed by atoms with van der Waals surface area (Å²) in [5.74, 6) is -0.592. The molecule has 0 bridgehead atoms. The van der Waals surface area contributed by atoms with Crippen LogP contribution in [0.3, 0.4) is 0 Å². The highest BCUT2D eigenvalue weighted by Crippen LogP contribution is 2.30. The average molecular weight is 562 g/mol. The van der Waals surface area contributed by atoms with E-state index in [1.165, 1.54) is 46.8 Å². The molecule has 1 saturated heterocycles. The standard InChI is InChI=1S/C26H28ClN3O5S2/c1-19-5-11-24(12-6-19)37(34,35)30(25-17-21(27)8-7-20(25)2)18-26(31)28-22-9-13-23(14-10-22)36(32,33)29-15-3-4-16-29/h5-14,17H,3-4,15-16,18H2,1-2H3,(H,28,31). The number of carbonyl (C=O) groups is 1. The number of hydrogen-bond donors (Lipinski definition) is 1. The number of hydrogen-bond acceptors (Lipinski definition) is 5. The van der Waals surface area contributed by atoms with E-state index in [1.807, 2.05) is 6.92 Å². The van der Waals surface area contributed by atoms with Crippen molar-refractivity contribution >= 4 is 48.9 Å². The summed E-state index contributed by atoms with van der Waals surface area (Å²) in [4.78, 5) is 13.2. The summed E-state index contributed by atoms with van der Waals surface area (Å²) in [6.07, 6.45) is 1.67. The fourth-order valence-electron chi connectivity index (χ4n) is 4.11. The van der Waals surface area contributed by atoms with Crippen LogP contribution < -0.4 is 9.62 Å². The number of nitrogens with zero attached hydrogens (tertiary/aromatic N) is 2. The predicted octanol–water partition coefficient (Wildman–Crippen LogP) is 4.58. The maximum atomic E-state index is 13.6. The zero-order valence-corrected chi connectivity index (χ0v) is 22.9. The molecule has 0 aliphatic carbocycles. The van der Waals surface area contributed by atoms with Gasteiger partial charge in [-0.2, -0.15) is 4.31 Å². The van der Waals surface area contributed by atoms with E-state index in [1.54, 1.807) is 31.2 Å². The van der Waals surface area contributed by atoms with Crippen LogP contribution in [-0.4, -0.2) is 46.7 Å². The van der Waals surface area contributed by atoms with Gasteiger partial charge in [0.25, 0.3) is 10.0 Å². The van der Waals surface area contributed by atoms with Crippen molar-refractivity contribution in [3.63, 3.8) is 0 Å². The molecule has 1 N–H and O–H groups in total. The number of amides is 1. The van der Waals surface area contributed by atoms with Gasteiger partial charge in [-0.1, -0.05) is 35.4 Å². The Morgan fingerprint density at radius 3 is 2.11 bits per heavy atom. The van der Waals surface area contributed by atoms with Crippen LogP contribution in [0.1, 0.15) is 24.0 Å². The van der Waals surface area contributed by atoms with Gasteiger partial charge in [-0.05, 0) is 80.8 Å². The van der Waals surface area contributed by atoms with Crippen molar-refractivity contribution in [2.75, 3.05) is 29.3 Å². The van der Waals surface area contributed by atoms with E-state index in [0.29, 0.717) is 29.4 Å². The molecule has 196 valence electrons. The minimum atomic E-state index is -4.10. The van der Waals surface area contributed by atoms with E-state index in [-0.39, 0.29) is 15.5 Å². The van der Waals surface area contributed by atoms with Gasteiger partial charge in [-0.15, -0.1) is 0 Å². The third kappa shape index (κ3) is 5.98. The van der Waals surface area contributed by atoms with E-state index in [4.69, 9.17) is 11.6 Å². The van der Waals surface area contributed by atoms with Gasteiger partial charge in [-0.3, -0.25) is 9.10 Å². The number of rotatable bonds is 8. The molecule has 0 saturated carbocycles. The second-order valence-corrected chi connectivity index (χ2v) is 13.2. The lowest BCUT2D eigenvalue weighted by atomic mass is 10.2. The smallest absolute Gasteiger partial charge is 0.264 e. The van der Waals surface area contributed by atoms with E-state index < -0.39 is 32.5 Å². The van der Waals surface area contributed by atoms with Gasteiger partial charge in [0.15, 0.2) is 0 Å². The van der Waals surface area contributed by atoms with Crippen LogP contribution in [0, 0.1) is 13.8 Å². The van der Waals surface area contributed by atoms with Crippen molar-refractivity contribution in [3.05, 3.63) is 82.9 Å². The van der Waals surface area contributed by atoms with E-state index in [2.05, 4.69) is 5.32 Å². The Labute approximate surface area is 223 Å². The lowest BCUT2D eigenvalue weighted by Crippen LogP contribution is -2.38. The summed E-state index contributed by atoms with van der Waals surface area (Å²) in [6.45, 7) is 4.07. The zero-order chi connectivity index (χ0) is 26.8. The summed E-state index contributed by atoms with van der Waals surface area (Å²) < 4.78 is 55.2. The van der Waals surface area contributed by atoms with Crippen molar-refractivity contribution in [2.24, 2.45) is 0 Å². The quantitative estimate of drug-likeness (QED) is 0.434. The molecule has 0 spiro atoms. The molecule has 1 aliphatic heterocycles.